The molecule has 15 heavy (non-hydrogen) atoms. The van der Waals surface area contributed by atoms with Crippen LogP contribution in [0.2, 0.25) is 0 Å². The van der Waals surface area contributed by atoms with Crippen molar-refractivity contribution in [2.75, 3.05) is 13.2 Å². The molecule has 2 nitrogen and oxygen atoms in total. The van der Waals surface area contributed by atoms with E-state index in [9.17, 15) is 0 Å². The zero-order chi connectivity index (χ0) is 10.5. The van der Waals surface area contributed by atoms with Crippen LogP contribution in [-0.4, -0.2) is 20.3 Å². The predicted molar refractivity (Wildman–Crippen MR) is 62.3 cm³/mol. The summed E-state index contributed by atoms with van der Waals surface area (Å²) in [5.41, 5.74) is 2.52. The van der Waals surface area contributed by atoms with Gasteiger partial charge in [0.15, 0.2) is 0 Å². The second kappa shape index (κ2) is 5.33. The number of rotatable bonds is 3. The highest BCUT2D eigenvalue weighted by Gasteiger charge is 2.23. The highest BCUT2D eigenvalue weighted by atomic mass is 16.6. The molecule has 0 spiro atoms. The standard InChI is InChI=1S/C12H17BO2/c1-2-4-11-5-7-12(8-6-11)13-14-9-3-10-15-13/h5-8H,2-4,9-10H2,1H3. The largest absolute Gasteiger partial charge is 0.493 e. The molecule has 1 saturated heterocycles. The summed E-state index contributed by atoms with van der Waals surface area (Å²) in [7, 11) is -0.144. The predicted octanol–water partition coefficient (Wildman–Crippen LogP) is 1.77. The van der Waals surface area contributed by atoms with E-state index in [-0.39, 0.29) is 7.12 Å². The molecule has 0 aliphatic carbocycles. The van der Waals surface area contributed by atoms with Crippen molar-refractivity contribution in [3.63, 3.8) is 0 Å². The topological polar surface area (TPSA) is 18.5 Å². The van der Waals surface area contributed by atoms with Gasteiger partial charge in [0, 0.05) is 13.2 Å². The molecular weight excluding hydrogens is 187 g/mol. The molecule has 1 aliphatic rings. The highest BCUT2D eigenvalue weighted by Crippen LogP contribution is 2.05. The van der Waals surface area contributed by atoms with Gasteiger partial charge in [0.1, 0.15) is 0 Å². The molecule has 0 N–H and O–H groups in total. The van der Waals surface area contributed by atoms with E-state index in [2.05, 4.69) is 31.2 Å². The molecule has 80 valence electrons. The summed E-state index contributed by atoms with van der Waals surface area (Å²) in [4.78, 5) is 0. The van der Waals surface area contributed by atoms with Crippen LogP contribution in [0.25, 0.3) is 0 Å². The van der Waals surface area contributed by atoms with Crippen molar-refractivity contribution in [3.05, 3.63) is 29.8 Å². The van der Waals surface area contributed by atoms with Gasteiger partial charge in [-0.05, 0) is 23.9 Å². The summed E-state index contributed by atoms with van der Waals surface area (Å²) < 4.78 is 11.1. The van der Waals surface area contributed by atoms with Gasteiger partial charge in [-0.1, -0.05) is 37.6 Å². The van der Waals surface area contributed by atoms with Gasteiger partial charge in [0.05, 0.1) is 0 Å². The zero-order valence-corrected chi connectivity index (χ0v) is 9.24. The Balaban J connectivity index is 2.02. The summed E-state index contributed by atoms with van der Waals surface area (Å²) in [6.45, 7) is 3.81. The van der Waals surface area contributed by atoms with E-state index in [0.717, 1.165) is 31.5 Å². The lowest BCUT2D eigenvalue weighted by atomic mass is 9.77. The van der Waals surface area contributed by atoms with Gasteiger partial charge in [-0.2, -0.15) is 0 Å². The summed E-state index contributed by atoms with van der Waals surface area (Å²) in [5.74, 6) is 0. The summed E-state index contributed by atoms with van der Waals surface area (Å²) >= 11 is 0. The van der Waals surface area contributed by atoms with Gasteiger partial charge in [-0.15, -0.1) is 0 Å². The first-order valence-corrected chi connectivity index (χ1v) is 5.72. The third-order valence-electron chi connectivity index (χ3n) is 2.62. The Bertz CT molecular complexity index is 291. The summed E-state index contributed by atoms with van der Waals surface area (Å²) in [5, 5.41) is 0. The number of hydrogen-bond donors (Lipinski definition) is 0. The van der Waals surface area contributed by atoms with Crippen LogP contribution in [0, 0.1) is 0 Å². The molecule has 0 atom stereocenters. The van der Waals surface area contributed by atoms with Gasteiger partial charge in [-0.25, -0.2) is 0 Å². The minimum absolute atomic E-state index is 0.144. The molecule has 1 fully saturated rings. The SMILES string of the molecule is CCCc1ccc(B2OCCCO2)cc1. The smallest absolute Gasteiger partial charge is 0.407 e. The van der Waals surface area contributed by atoms with E-state index in [1.165, 1.54) is 12.0 Å². The Kier molecular flexibility index (Phi) is 3.81. The first kappa shape index (κ1) is 10.7. The maximum Gasteiger partial charge on any atom is 0.493 e. The van der Waals surface area contributed by atoms with Crippen molar-refractivity contribution >= 4 is 12.6 Å². The fourth-order valence-corrected chi connectivity index (χ4v) is 1.81. The minimum atomic E-state index is -0.144. The van der Waals surface area contributed by atoms with Crippen LogP contribution in [0.1, 0.15) is 25.3 Å². The Morgan fingerprint density at radius 1 is 1.13 bits per heavy atom. The van der Waals surface area contributed by atoms with Crippen LogP contribution in [0.15, 0.2) is 24.3 Å². The number of benzene rings is 1. The molecule has 0 radical (unpaired) electrons. The lowest BCUT2D eigenvalue weighted by Crippen LogP contribution is -2.40. The number of aryl methyl sites for hydroxylation is 1. The summed E-state index contributed by atoms with van der Waals surface area (Å²) in [6, 6.07) is 8.56. The highest BCUT2D eigenvalue weighted by molar-refractivity contribution is 6.61. The average molecular weight is 204 g/mol. The molecule has 0 unspecified atom stereocenters. The third kappa shape index (κ3) is 2.83. The fraction of sp³-hybridized carbons (Fsp3) is 0.500. The first-order chi connectivity index (χ1) is 7.40. The Labute approximate surface area is 91.7 Å². The molecule has 0 bridgehead atoms. The van der Waals surface area contributed by atoms with E-state index in [4.69, 9.17) is 9.31 Å². The van der Waals surface area contributed by atoms with Crippen LogP contribution in [-0.2, 0) is 15.7 Å². The van der Waals surface area contributed by atoms with Crippen LogP contribution in [0.5, 0.6) is 0 Å². The lowest BCUT2D eigenvalue weighted by molar-refractivity contribution is 0.143. The second-order valence-corrected chi connectivity index (χ2v) is 3.92. The van der Waals surface area contributed by atoms with E-state index in [1.807, 2.05) is 0 Å². The Morgan fingerprint density at radius 3 is 2.40 bits per heavy atom. The Hall–Kier alpha value is -0.795. The molecule has 3 heteroatoms. The van der Waals surface area contributed by atoms with E-state index in [0.29, 0.717) is 0 Å². The molecular formula is C12H17BO2. The molecule has 0 aromatic heterocycles. The fourth-order valence-electron chi connectivity index (χ4n) is 1.81. The van der Waals surface area contributed by atoms with Gasteiger partial charge in [-0.3, -0.25) is 0 Å². The van der Waals surface area contributed by atoms with Crippen molar-refractivity contribution in [1.82, 2.24) is 0 Å². The maximum atomic E-state index is 5.54. The lowest BCUT2D eigenvalue weighted by Gasteiger charge is -2.19. The van der Waals surface area contributed by atoms with E-state index in [1.54, 1.807) is 0 Å². The molecule has 1 aliphatic heterocycles. The van der Waals surface area contributed by atoms with Crippen LogP contribution < -0.4 is 5.46 Å². The molecule has 2 rings (SSSR count). The normalized spacial score (nSPS) is 16.7. The molecule has 0 amide bonds. The van der Waals surface area contributed by atoms with Crippen LogP contribution >= 0.6 is 0 Å². The van der Waals surface area contributed by atoms with Crippen molar-refractivity contribution in [1.29, 1.82) is 0 Å². The van der Waals surface area contributed by atoms with E-state index >= 15 is 0 Å². The average Bonchev–Trinajstić information content (AvgIpc) is 2.32. The third-order valence-corrected chi connectivity index (χ3v) is 2.62. The maximum absolute atomic E-state index is 5.54. The van der Waals surface area contributed by atoms with Gasteiger partial charge in [0.25, 0.3) is 0 Å². The molecule has 1 heterocycles. The first-order valence-electron chi connectivity index (χ1n) is 5.72. The number of hydrogen-bond acceptors (Lipinski definition) is 2. The van der Waals surface area contributed by atoms with Crippen molar-refractivity contribution in [3.8, 4) is 0 Å². The van der Waals surface area contributed by atoms with Gasteiger partial charge >= 0.3 is 7.12 Å². The monoisotopic (exact) mass is 204 g/mol. The zero-order valence-electron chi connectivity index (χ0n) is 9.24. The second-order valence-electron chi connectivity index (χ2n) is 3.92. The van der Waals surface area contributed by atoms with E-state index < -0.39 is 0 Å². The Morgan fingerprint density at radius 2 is 1.80 bits per heavy atom. The van der Waals surface area contributed by atoms with Crippen molar-refractivity contribution < 1.29 is 9.31 Å². The van der Waals surface area contributed by atoms with Crippen LogP contribution in [0.3, 0.4) is 0 Å². The van der Waals surface area contributed by atoms with Crippen molar-refractivity contribution in [2.45, 2.75) is 26.2 Å². The molecule has 0 saturated carbocycles. The minimum Gasteiger partial charge on any atom is -0.407 e. The van der Waals surface area contributed by atoms with Gasteiger partial charge < -0.3 is 9.31 Å². The van der Waals surface area contributed by atoms with Gasteiger partial charge in [0.2, 0.25) is 0 Å². The molecule has 1 aromatic rings. The molecule has 1 aromatic carbocycles. The quantitative estimate of drug-likeness (QED) is 0.698. The van der Waals surface area contributed by atoms with Crippen molar-refractivity contribution in [2.24, 2.45) is 0 Å². The summed E-state index contributed by atoms with van der Waals surface area (Å²) in [6.07, 6.45) is 3.34. The van der Waals surface area contributed by atoms with Crippen LogP contribution in [0.4, 0.5) is 0 Å².